The number of hydrogen-bond acceptors (Lipinski definition) is 4. The Morgan fingerprint density at radius 1 is 1.57 bits per heavy atom. The van der Waals surface area contributed by atoms with E-state index < -0.39 is 6.10 Å². The minimum absolute atomic E-state index is 0.101. The van der Waals surface area contributed by atoms with E-state index in [0.29, 0.717) is 10.3 Å². The summed E-state index contributed by atoms with van der Waals surface area (Å²) in [5.41, 5.74) is 0.630. The number of ether oxygens (including phenoxy) is 1. The third kappa shape index (κ3) is 2.76. The molecule has 1 unspecified atom stereocenters. The summed E-state index contributed by atoms with van der Waals surface area (Å²) in [6.07, 6.45) is -0.601. The van der Waals surface area contributed by atoms with Crippen molar-refractivity contribution in [3.63, 3.8) is 0 Å². The molecule has 0 fully saturated rings. The molecule has 0 saturated carbocycles. The number of rotatable bonds is 4. The van der Waals surface area contributed by atoms with Gasteiger partial charge < -0.3 is 9.84 Å². The summed E-state index contributed by atoms with van der Waals surface area (Å²) >= 11 is 3.21. The van der Waals surface area contributed by atoms with Gasteiger partial charge in [-0.3, -0.25) is 0 Å². The van der Waals surface area contributed by atoms with Crippen molar-refractivity contribution in [3.8, 4) is 0 Å². The van der Waals surface area contributed by atoms with Crippen LogP contribution in [0, 0.1) is 0 Å². The fraction of sp³-hybridized carbons (Fsp3) is 0.750. The summed E-state index contributed by atoms with van der Waals surface area (Å²) in [6, 6.07) is 0. The van der Waals surface area contributed by atoms with Crippen molar-refractivity contribution >= 4 is 15.9 Å². The molecule has 0 aliphatic rings. The van der Waals surface area contributed by atoms with Gasteiger partial charge in [0.15, 0.2) is 4.60 Å². The van der Waals surface area contributed by atoms with Gasteiger partial charge in [-0.1, -0.05) is 5.21 Å². The summed E-state index contributed by atoms with van der Waals surface area (Å²) < 4.78 is 7.38. The van der Waals surface area contributed by atoms with E-state index in [4.69, 9.17) is 4.74 Å². The van der Waals surface area contributed by atoms with Crippen LogP contribution in [0.5, 0.6) is 0 Å². The van der Waals surface area contributed by atoms with Gasteiger partial charge in [-0.05, 0) is 29.8 Å². The fourth-order valence-electron chi connectivity index (χ4n) is 1.05. The van der Waals surface area contributed by atoms with Crippen LogP contribution >= 0.6 is 15.9 Å². The number of aliphatic hydroxyl groups excluding tert-OH is 1. The van der Waals surface area contributed by atoms with E-state index in [1.165, 1.54) is 4.68 Å². The molecule has 0 amide bonds. The van der Waals surface area contributed by atoms with Gasteiger partial charge in [0.05, 0.1) is 12.7 Å². The first kappa shape index (κ1) is 11.6. The van der Waals surface area contributed by atoms with Crippen molar-refractivity contribution in [1.82, 2.24) is 15.0 Å². The molecular formula is C8H14BrN3O2. The highest BCUT2D eigenvalue weighted by atomic mass is 79.9. The van der Waals surface area contributed by atoms with Gasteiger partial charge >= 0.3 is 0 Å². The van der Waals surface area contributed by atoms with Gasteiger partial charge in [0, 0.05) is 7.05 Å². The summed E-state index contributed by atoms with van der Waals surface area (Å²) in [5.74, 6) is 0. The highest BCUT2D eigenvalue weighted by Crippen LogP contribution is 2.20. The first-order valence-electron chi connectivity index (χ1n) is 4.37. The number of halogens is 1. The van der Waals surface area contributed by atoms with E-state index in [-0.39, 0.29) is 12.7 Å². The molecule has 0 radical (unpaired) electrons. The van der Waals surface area contributed by atoms with E-state index in [0.717, 1.165) is 0 Å². The second kappa shape index (κ2) is 4.86. The molecule has 14 heavy (non-hydrogen) atoms. The molecule has 1 aromatic heterocycles. The molecule has 5 nitrogen and oxygen atoms in total. The van der Waals surface area contributed by atoms with Gasteiger partial charge in [0.1, 0.15) is 11.8 Å². The summed E-state index contributed by atoms with van der Waals surface area (Å²) in [7, 11) is 1.73. The molecule has 1 rings (SSSR count). The zero-order valence-electron chi connectivity index (χ0n) is 8.44. The van der Waals surface area contributed by atoms with Crippen LogP contribution in [-0.4, -0.2) is 32.8 Å². The lowest BCUT2D eigenvalue weighted by Crippen LogP contribution is -2.15. The standard InChI is InChI=1S/C8H14BrN3O2/c1-5(2)14-4-6(13)7-8(9)10-11-12(7)3/h5-6,13H,4H2,1-3H3. The quantitative estimate of drug-likeness (QED) is 0.882. The van der Waals surface area contributed by atoms with E-state index in [9.17, 15) is 5.11 Å². The van der Waals surface area contributed by atoms with Gasteiger partial charge in [-0.25, -0.2) is 4.68 Å². The minimum Gasteiger partial charge on any atom is -0.384 e. The monoisotopic (exact) mass is 263 g/mol. The van der Waals surface area contributed by atoms with Crippen LogP contribution in [0.2, 0.25) is 0 Å². The molecule has 6 heteroatoms. The Hall–Kier alpha value is -0.460. The van der Waals surface area contributed by atoms with E-state index in [1.54, 1.807) is 7.05 Å². The molecule has 1 aromatic rings. The number of hydrogen-bond donors (Lipinski definition) is 1. The summed E-state index contributed by atoms with van der Waals surface area (Å²) in [4.78, 5) is 0. The molecule has 1 atom stereocenters. The first-order valence-corrected chi connectivity index (χ1v) is 5.16. The Morgan fingerprint density at radius 2 is 2.21 bits per heavy atom. The van der Waals surface area contributed by atoms with Crippen molar-refractivity contribution < 1.29 is 9.84 Å². The number of aliphatic hydroxyl groups is 1. The third-order valence-corrected chi connectivity index (χ3v) is 2.29. The Balaban J connectivity index is 2.64. The second-order valence-corrected chi connectivity index (χ2v) is 4.04. The van der Waals surface area contributed by atoms with Gasteiger partial charge in [0.25, 0.3) is 0 Å². The normalized spacial score (nSPS) is 13.6. The molecule has 1 N–H and O–H groups in total. The molecule has 0 aliphatic heterocycles. The lowest BCUT2D eigenvalue weighted by molar-refractivity contribution is 0.00154. The predicted molar refractivity (Wildman–Crippen MR) is 54.8 cm³/mol. The van der Waals surface area contributed by atoms with Gasteiger partial charge in [-0.15, -0.1) is 5.10 Å². The van der Waals surface area contributed by atoms with Crippen molar-refractivity contribution in [1.29, 1.82) is 0 Å². The Bertz CT molecular complexity index is 281. The van der Waals surface area contributed by atoms with Crippen LogP contribution in [0.1, 0.15) is 25.6 Å². The maximum atomic E-state index is 9.76. The lowest BCUT2D eigenvalue weighted by Gasteiger charge is -2.13. The van der Waals surface area contributed by atoms with E-state index in [1.807, 2.05) is 13.8 Å². The smallest absolute Gasteiger partial charge is 0.154 e. The highest BCUT2D eigenvalue weighted by molar-refractivity contribution is 9.10. The zero-order chi connectivity index (χ0) is 10.7. The van der Waals surface area contributed by atoms with Crippen molar-refractivity contribution in [2.45, 2.75) is 26.1 Å². The molecule has 0 aromatic carbocycles. The predicted octanol–water partition coefficient (Wildman–Crippen LogP) is 1.04. The maximum absolute atomic E-state index is 9.76. The van der Waals surface area contributed by atoms with E-state index >= 15 is 0 Å². The molecule has 0 aliphatic carbocycles. The third-order valence-electron chi connectivity index (χ3n) is 1.73. The van der Waals surface area contributed by atoms with Crippen molar-refractivity contribution in [2.75, 3.05) is 6.61 Å². The molecule has 0 saturated heterocycles. The average molecular weight is 264 g/mol. The number of aryl methyl sites for hydroxylation is 1. The molecule has 80 valence electrons. The average Bonchev–Trinajstić information content (AvgIpc) is 2.42. The lowest BCUT2D eigenvalue weighted by atomic mass is 10.3. The Morgan fingerprint density at radius 3 is 2.64 bits per heavy atom. The topological polar surface area (TPSA) is 60.2 Å². The maximum Gasteiger partial charge on any atom is 0.154 e. The summed E-state index contributed by atoms with van der Waals surface area (Å²) in [6.45, 7) is 4.09. The van der Waals surface area contributed by atoms with Crippen LogP contribution in [-0.2, 0) is 11.8 Å². The number of nitrogens with zero attached hydrogens (tertiary/aromatic N) is 3. The summed E-state index contributed by atoms with van der Waals surface area (Å²) in [5, 5.41) is 17.3. The zero-order valence-corrected chi connectivity index (χ0v) is 10.0. The van der Waals surface area contributed by atoms with Crippen LogP contribution < -0.4 is 0 Å². The largest absolute Gasteiger partial charge is 0.384 e. The Kier molecular flexibility index (Phi) is 4.03. The van der Waals surface area contributed by atoms with Gasteiger partial charge in [-0.2, -0.15) is 0 Å². The first-order chi connectivity index (χ1) is 6.52. The van der Waals surface area contributed by atoms with Crippen molar-refractivity contribution in [3.05, 3.63) is 10.3 Å². The molecular weight excluding hydrogens is 250 g/mol. The molecule has 1 heterocycles. The van der Waals surface area contributed by atoms with Gasteiger partial charge in [0.2, 0.25) is 0 Å². The number of aromatic nitrogens is 3. The van der Waals surface area contributed by atoms with Crippen LogP contribution in [0.15, 0.2) is 4.60 Å². The van der Waals surface area contributed by atoms with Crippen LogP contribution in [0.3, 0.4) is 0 Å². The molecule has 0 spiro atoms. The van der Waals surface area contributed by atoms with Crippen molar-refractivity contribution in [2.24, 2.45) is 7.05 Å². The van der Waals surface area contributed by atoms with Crippen LogP contribution in [0.25, 0.3) is 0 Å². The fourth-order valence-corrected chi connectivity index (χ4v) is 1.65. The minimum atomic E-state index is -0.702. The highest BCUT2D eigenvalue weighted by Gasteiger charge is 2.17. The SMILES string of the molecule is CC(C)OCC(O)c1c(Br)nnn1C. The molecule has 0 bridgehead atoms. The van der Waals surface area contributed by atoms with Crippen LogP contribution in [0.4, 0.5) is 0 Å². The Labute approximate surface area is 91.2 Å². The van der Waals surface area contributed by atoms with E-state index in [2.05, 4.69) is 26.2 Å². The second-order valence-electron chi connectivity index (χ2n) is 3.29.